The van der Waals surface area contributed by atoms with Gasteiger partial charge in [-0.1, -0.05) is 41.4 Å². The van der Waals surface area contributed by atoms with Crippen molar-refractivity contribution in [3.8, 4) is 11.3 Å². The average molecular weight is 414 g/mol. The van der Waals surface area contributed by atoms with Gasteiger partial charge in [-0.3, -0.25) is 4.79 Å². The lowest BCUT2D eigenvalue weighted by atomic mass is 10.1. The number of amides is 1. The van der Waals surface area contributed by atoms with Crippen molar-refractivity contribution < 1.29 is 13.6 Å². The lowest BCUT2D eigenvalue weighted by Gasteiger charge is -2.09. The molecule has 3 heterocycles. The summed E-state index contributed by atoms with van der Waals surface area (Å²) < 4.78 is 28.3. The van der Waals surface area contributed by atoms with Crippen LogP contribution in [0, 0.1) is 6.92 Å². The third-order valence-corrected chi connectivity index (χ3v) is 4.62. The number of carbonyl (C=O) groups is 1. The Labute approximate surface area is 169 Å². The maximum absolute atomic E-state index is 13.7. The number of nitrogens with zero attached hydrogens (tertiary/aromatic N) is 4. The molecule has 29 heavy (non-hydrogen) atoms. The monoisotopic (exact) mass is 413 g/mol. The van der Waals surface area contributed by atoms with Crippen molar-refractivity contribution >= 4 is 28.8 Å². The lowest BCUT2D eigenvalue weighted by Crippen LogP contribution is -2.13. The van der Waals surface area contributed by atoms with E-state index in [2.05, 4.69) is 20.4 Å². The quantitative estimate of drug-likeness (QED) is 0.481. The zero-order valence-electron chi connectivity index (χ0n) is 15.1. The fourth-order valence-corrected chi connectivity index (χ4v) is 3.01. The molecule has 0 spiro atoms. The highest BCUT2D eigenvalue weighted by molar-refractivity contribution is 6.32. The highest BCUT2D eigenvalue weighted by Gasteiger charge is 2.22. The summed E-state index contributed by atoms with van der Waals surface area (Å²) in [6, 6.07) is 11.8. The Balaban J connectivity index is 1.82. The minimum Gasteiger partial charge on any atom is -0.319 e. The fraction of sp³-hybridized carbons (Fsp3) is 0.100. The number of hydrogen-bond acceptors (Lipinski definition) is 4. The van der Waals surface area contributed by atoms with Gasteiger partial charge in [0.1, 0.15) is 11.3 Å². The SMILES string of the molecule is Cc1ccc(-c2cc(C(F)F)n3ncc(C(=O)Nc4cccnc4Cl)c3n2)cc1. The molecule has 6 nitrogen and oxygen atoms in total. The molecule has 0 bridgehead atoms. The predicted octanol–water partition coefficient (Wildman–Crippen LogP) is 4.94. The summed E-state index contributed by atoms with van der Waals surface area (Å²) in [4.78, 5) is 21.0. The minimum absolute atomic E-state index is 0.0240. The van der Waals surface area contributed by atoms with Crippen LogP contribution in [-0.2, 0) is 0 Å². The van der Waals surface area contributed by atoms with Crippen molar-refractivity contribution in [2.45, 2.75) is 13.3 Å². The summed E-state index contributed by atoms with van der Waals surface area (Å²) in [5, 5.41) is 6.65. The van der Waals surface area contributed by atoms with Crippen LogP contribution < -0.4 is 5.32 Å². The van der Waals surface area contributed by atoms with Crippen molar-refractivity contribution in [1.82, 2.24) is 19.6 Å². The maximum Gasteiger partial charge on any atom is 0.280 e. The molecule has 0 atom stereocenters. The normalized spacial score (nSPS) is 11.2. The third kappa shape index (κ3) is 3.66. The van der Waals surface area contributed by atoms with Crippen LogP contribution in [0.2, 0.25) is 5.15 Å². The number of carbonyl (C=O) groups excluding carboxylic acids is 1. The highest BCUT2D eigenvalue weighted by atomic mass is 35.5. The van der Waals surface area contributed by atoms with Gasteiger partial charge in [-0.15, -0.1) is 0 Å². The van der Waals surface area contributed by atoms with E-state index in [1.54, 1.807) is 24.3 Å². The lowest BCUT2D eigenvalue weighted by molar-refractivity contribution is 0.102. The number of pyridine rings is 1. The number of hydrogen-bond donors (Lipinski definition) is 1. The largest absolute Gasteiger partial charge is 0.319 e. The maximum atomic E-state index is 13.7. The predicted molar refractivity (Wildman–Crippen MR) is 105 cm³/mol. The van der Waals surface area contributed by atoms with Crippen LogP contribution in [0.25, 0.3) is 16.9 Å². The van der Waals surface area contributed by atoms with Gasteiger partial charge in [-0.25, -0.2) is 23.3 Å². The van der Waals surface area contributed by atoms with Crippen LogP contribution in [0.15, 0.2) is 54.9 Å². The Hall–Kier alpha value is -3.39. The first-order chi connectivity index (χ1) is 13.9. The summed E-state index contributed by atoms with van der Waals surface area (Å²) in [5.41, 5.74) is 2.01. The Kier molecular flexibility index (Phi) is 4.94. The first-order valence-corrected chi connectivity index (χ1v) is 8.97. The molecule has 0 radical (unpaired) electrons. The Morgan fingerprint density at radius 3 is 2.66 bits per heavy atom. The van der Waals surface area contributed by atoms with E-state index in [1.807, 2.05) is 19.1 Å². The number of halogens is 3. The second-order valence-corrected chi connectivity index (χ2v) is 6.68. The topological polar surface area (TPSA) is 72.2 Å². The second kappa shape index (κ2) is 7.56. The molecule has 0 saturated carbocycles. The summed E-state index contributed by atoms with van der Waals surface area (Å²) in [5.74, 6) is -0.580. The molecule has 146 valence electrons. The molecule has 0 saturated heterocycles. The summed E-state index contributed by atoms with van der Waals surface area (Å²) in [6.45, 7) is 1.92. The van der Waals surface area contributed by atoms with Gasteiger partial charge in [0.05, 0.1) is 17.6 Å². The number of benzene rings is 1. The van der Waals surface area contributed by atoms with Crippen molar-refractivity contribution in [2.75, 3.05) is 5.32 Å². The van der Waals surface area contributed by atoms with Gasteiger partial charge in [-0.05, 0) is 25.1 Å². The van der Waals surface area contributed by atoms with Crippen LogP contribution in [0.3, 0.4) is 0 Å². The molecule has 4 rings (SSSR count). The first kappa shape index (κ1) is 18.9. The van der Waals surface area contributed by atoms with Crippen molar-refractivity contribution in [2.24, 2.45) is 0 Å². The summed E-state index contributed by atoms with van der Waals surface area (Å²) in [7, 11) is 0. The molecular weight excluding hydrogens is 400 g/mol. The van der Waals surface area contributed by atoms with Gasteiger partial charge in [0.25, 0.3) is 12.3 Å². The van der Waals surface area contributed by atoms with E-state index in [4.69, 9.17) is 11.6 Å². The number of fused-ring (bicyclic) bond motifs is 1. The van der Waals surface area contributed by atoms with Gasteiger partial charge >= 0.3 is 0 Å². The number of aryl methyl sites for hydroxylation is 1. The Morgan fingerprint density at radius 1 is 1.21 bits per heavy atom. The van der Waals surface area contributed by atoms with E-state index in [-0.39, 0.29) is 22.1 Å². The molecule has 9 heteroatoms. The molecule has 0 fully saturated rings. The van der Waals surface area contributed by atoms with Gasteiger partial charge in [0, 0.05) is 11.8 Å². The third-order valence-electron chi connectivity index (χ3n) is 4.32. The number of rotatable bonds is 4. The number of nitrogens with one attached hydrogen (secondary N) is 1. The molecule has 0 aliphatic carbocycles. The Morgan fingerprint density at radius 2 is 1.97 bits per heavy atom. The van der Waals surface area contributed by atoms with E-state index >= 15 is 0 Å². The number of alkyl halides is 2. The van der Waals surface area contributed by atoms with Gasteiger partial charge in [0.15, 0.2) is 10.8 Å². The highest BCUT2D eigenvalue weighted by Crippen LogP contribution is 2.27. The molecule has 0 aliphatic heterocycles. The summed E-state index contributed by atoms with van der Waals surface area (Å²) in [6.07, 6.45) is -0.113. The van der Waals surface area contributed by atoms with Crippen LogP contribution in [0.5, 0.6) is 0 Å². The first-order valence-electron chi connectivity index (χ1n) is 8.60. The molecule has 1 N–H and O–H groups in total. The van der Waals surface area contributed by atoms with Gasteiger partial charge in [-0.2, -0.15) is 5.10 Å². The van der Waals surface area contributed by atoms with E-state index in [9.17, 15) is 13.6 Å². The zero-order valence-corrected chi connectivity index (χ0v) is 15.9. The van der Waals surface area contributed by atoms with Crippen molar-refractivity contribution in [1.29, 1.82) is 0 Å². The van der Waals surface area contributed by atoms with Crippen LogP contribution in [-0.4, -0.2) is 25.5 Å². The van der Waals surface area contributed by atoms with E-state index < -0.39 is 12.3 Å². The molecular formula is C20H14ClF2N5O. The number of aromatic nitrogens is 4. The zero-order chi connectivity index (χ0) is 20.5. The van der Waals surface area contributed by atoms with Crippen molar-refractivity contribution in [3.63, 3.8) is 0 Å². The standard InChI is InChI=1S/C20H14ClF2N5O/c1-11-4-6-12(7-5-11)15-9-16(18(22)23)28-19(26-15)13(10-25-28)20(29)27-14-3-2-8-24-17(14)21/h2-10,18H,1H3,(H,27,29). The van der Waals surface area contributed by atoms with Gasteiger partial charge in [0.2, 0.25) is 0 Å². The molecule has 0 unspecified atom stereocenters. The van der Waals surface area contributed by atoms with E-state index in [0.29, 0.717) is 16.9 Å². The molecule has 0 aliphatic rings. The van der Waals surface area contributed by atoms with E-state index in [1.165, 1.54) is 18.5 Å². The second-order valence-electron chi connectivity index (χ2n) is 6.32. The minimum atomic E-state index is -2.80. The average Bonchev–Trinajstić information content (AvgIpc) is 3.13. The van der Waals surface area contributed by atoms with E-state index in [0.717, 1.165) is 10.1 Å². The Bertz CT molecular complexity index is 1210. The molecule has 4 aromatic rings. The van der Waals surface area contributed by atoms with Gasteiger partial charge < -0.3 is 5.32 Å². The van der Waals surface area contributed by atoms with Crippen LogP contribution >= 0.6 is 11.6 Å². The molecule has 1 aromatic carbocycles. The van der Waals surface area contributed by atoms with Crippen LogP contribution in [0.4, 0.5) is 14.5 Å². The molecule has 3 aromatic heterocycles. The summed E-state index contributed by atoms with van der Waals surface area (Å²) >= 11 is 5.97. The molecule has 1 amide bonds. The number of anilines is 1. The van der Waals surface area contributed by atoms with Crippen molar-refractivity contribution in [3.05, 3.63) is 76.8 Å². The smallest absolute Gasteiger partial charge is 0.280 e. The fourth-order valence-electron chi connectivity index (χ4n) is 2.84. The van der Waals surface area contributed by atoms with Crippen LogP contribution in [0.1, 0.15) is 28.0 Å².